The lowest BCUT2D eigenvalue weighted by atomic mass is 10.2. The number of hydrogen-bond acceptors (Lipinski definition) is 3. The number of anilines is 2. The molecule has 0 atom stereocenters. The van der Waals surface area contributed by atoms with Gasteiger partial charge in [-0.3, -0.25) is 4.98 Å². The van der Waals surface area contributed by atoms with E-state index in [9.17, 15) is 0 Å². The molecular weight excluding hydrogens is 325 g/mol. The smallest absolute Gasteiger partial charge is 0.124 e. The van der Waals surface area contributed by atoms with E-state index in [1.807, 2.05) is 0 Å². The second-order valence-corrected chi connectivity index (χ2v) is 5.30. The van der Waals surface area contributed by atoms with Crippen LogP contribution in [0.2, 0.25) is 15.1 Å². The van der Waals surface area contributed by atoms with Crippen LogP contribution >= 0.6 is 47.0 Å². The van der Waals surface area contributed by atoms with Gasteiger partial charge in [-0.25, -0.2) is 0 Å². The summed E-state index contributed by atoms with van der Waals surface area (Å²) < 4.78 is 0. The van der Waals surface area contributed by atoms with Gasteiger partial charge in [-0.05, 0) is 24.3 Å². The molecule has 3 nitrogen and oxygen atoms in total. The van der Waals surface area contributed by atoms with Crippen LogP contribution in [0.15, 0.2) is 30.5 Å². The third kappa shape index (κ3) is 3.28. The van der Waals surface area contributed by atoms with Crippen LogP contribution in [0, 0.1) is 0 Å². The molecule has 2 aromatic rings. The summed E-state index contributed by atoms with van der Waals surface area (Å²) in [4.78, 5) is 4.31. The summed E-state index contributed by atoms with van der Waals surface area (Å²) in [5, 5.41) is 4.31. The van der Waals surface area contributed by atoms with Gasteiger partial charge in [0.05, 0.1) is 26.4 Å². The Hall–Kier alpha value is -1.07. The molecule has 0 unspecified atom stereocenters. The van der Waals surface area contributed by atoms with Crippen LogP contribution < -0.4 is 11.1 Å². The SMILES string of the molecule is NC(=S)c1ncccc1Nc1cc(Cl)c(Cl)cc1Cl. The lowest BCUT2D eigenvalue weighted by Gasteiger charge is -2.12. The third-order valence-corrected chi connectivity index (χ3v) is 3.55. The maximum atomic E-state index is 6.09. The lowest BCUT2D eigenvalue weighted by Crippen LogP contribution is -2.13. The molecule has 0 amide bonds. The highest BCUT2D eigenvalue weighted by atomic mass is 35.5. The number of pyridine rings is 1. The van der Waals surface area contributed by atoms with Crippen molar-refractivity contribution >= 4 is 63.4 Å². The van der Waals surface area contributed by atoms with Crippen molar-refractivity contribution in [1.82, 2.24) is 4.98 Å². The van der Waals surface area contributed by atoms with Crippen molar-refractivity contribution in [3.05, 3.63) is 51.2 Å². The third-order valence-electron chi connectivity index (χ3n) is 2.32. The van der Waals surface area contributed by atoms with Crippen molar-refractivity contribution in [2.24, 2.45) is 5.73 Å². The van der Waals surface area contributed by atoms with Crippen LogP contribution in [0.5, 0.6) is 0 Å². The largest absolute Gasteiger partial charge is 0.388 e. The number of rotatable bonds is 3. The van der Waals surface area contributed by atoms with Crippen molar-refractivity contribution < 1.29 is 0 Å². The average molecular weight is 333 g/mol. The maximum Gasteiger partial charge on any atom is 0.124 e. The second kappa shape index (κ2) is 5.92. The monoisotopic (exact) mass is 331 g/mol. The summed E-state index contributed by atoms with van der Waals surface area (Å²) in [5.74, 6) is 0. The van der Waals surface area contributed by atoms with Crippen LogP contribution in [0.4, 0.5) is 11.4 Å². The Labute approximate surface area is 130 Å². The molecule has 0 fully saturated rings. The van der Waals surface area contributed by atoms with Crippen LogP contribution in [0.25, 0.3) is 0 Å². The normalized spacial score (nSPS) is 10.3. The molecule has 3 N–H and O–H groups in total. The van der Waals surface area contributed by atoms with Gasteiger partial charge in [0.1, 0.15) is 10.7 Å². The molecule has 1 aromatic carbocycles. The first-order valence-electron chi connectivity index (χ1n) is 5.15. The van der Waals surface area contributed by atoms with E-state index in [-0.39, 0.29) is 4.99 Å². The Balaban J connectivity index is 2.42. The highest BCUT2D eigenvalue weighted by Gasteiger charge is 2.10. The second-order valence-electron chi connectivity index (χ2n) is 3.63. The topological polar surface area (TPSA) is 50.9 Å². The average Bonchev–Trinajstić information content (AvgIpc) is 2.36. The number of benzene rings is 1. The van der Waals surface area contributed by atoms with E-state index in [0.717, 1.165) is 0 Å². The fraction of sp³-hybridized carbons (Fsp3) is 0. The first-order chi connectivity index (χ1) is 8.99. The number of halogens is 3. The molecule has 19 heavy (non-hydrogen) atoms. The van der Waals surface area contributed by atoms with Gasteiger partial charge in [-0.15, -0.1) is 0 Å². The van der Waals surface area contributed by atoms with Gasteiger partial charge in [-0.2, -0.15) is 0 Å². The van der Waals surface area contributed by atoms with Crippen LogP contribution in [0.1, 0.15) is 5.69 Å². The predicted octanol–water partition coefficient (Wildman–Crippen LogP) is 4.42. The Kier molecular flexibility index (Phi) is 4.47. The molecule has 0 saturated heterocycles. The molecule has 0 bridgehead atoms. The van der Waals surface area contributed by atoms with Crippen LogP contribution in [0.3, 0.4) is 0 Å². The van der Waals surface area contributed by atoms with Crippen molar-refractivity contribution in [3.63, 3.8) is 0 Å². The minimum atomic E-state index is 0.194. The zero-order valence-electron chi connectivity index (χ0n) is 9.45. The number of nitrogens with zero attached hydrogens (tertiary/aromatic N) is 1. The molecule has 0 aliphatic heterocycles. The number of nitrogens with two attached hydrogens (primary N) is 1. The number of hydrogen-bond donors (Lipinski definition) is 2. The fourth-order valence-corrected chi connectivity index (χ4v) is 2.22. The summed E-state index contributed by atoms with van der Waals surface area (Å²) in [6.07, 6.45) is 1.61. The molecule has 1 heterocycles. The Morgan fingerprint density at radius 1 is 1.11 bits per heavy atom. The summed E-state index contributed by atoms with van der Waals surface area (Å²) in [7, 11) is 0. The summed E-state index contributed by atoms with van der Waals surface area (Å²) >= 11 is 22.9. The van der Waals surface area contributed by atoms with Gasteiger partial charge >= 0.3 is 0 Å². The standard InChI is InChI=1S/C12H8Cl3N3S/c13-6-4-8(15)10(5-7(6)14)18-9-2-1-3-17-11(9)12(16)19/h1-5,18H,(H2,16,19). The Morgan fingerprint density at radius 2 is 1.79 bits per heavy atom. The molecule has 7 heteroatoms. The minimum absolute atomic E-state index is 0.194. The van der Waals surface area contributed by atoms with E-state index in [4.69, 9.17) is 52.8 Å². The zero-order valence-corrected chi connectivity index (χ0v) is 12.5. The minimum Gasteiger partial charge on any atom is -0.388 e. The van der Waals surface area contributed by atoms with Crippen LogP contribution in [-0.4, -0.2) is 9.97 Å². The molecule has 0 saturated carbocycles. The van der Waals surface area contributed by atoms with Gasteiger partial charge in [0.25, 0.3) is 0 Å². The van der Waals surface area contributed by atoms with E-state index in [0.29, 0.717) is 32.1 Å². The van der Waals surface area contributed by atoms with Gasteiger partial charge in [0.15, 0.2) is 0 Å². The number of aromatic nitrogens is 1. The molecule has 0 spiro atoms. The molecule has 0 aliphatic rings. The summed E-state index contributed by atoms with van der Waals surface area (Å²) in [6, 6.07) is 6.74. The van der Waals surface area contributed by atoms with Crippen molar-refractivity contribution in [3.8, 4) is 0 Å². The first-order valence-corrected chi connectivity index (χ1v) is 6.69. The molecule has 0 aliphatic carbocycles. The van der Waals surface area contributed by atoms with E-state index in [1.165, 1.54) is 0 Å². The first kappa shape index (κ1) is 14.3. The Morgan fingerprint density at radius 3 is 2.47 bits per heavy atom. The van der Waals surface area contributed by atoms with E-state index < -0.39 is 0 Å². The number of nitrogens with one attached hydrogen (secondary N) is 1. The Bertz CT molecular complexity index is 646. The molecule has 98 valence electrons. The maximum absolute atomic E-state index is 6.09. The van der Waals surface area contributed by atoms with Gasteiger partial charge < -0.3 is 11.1 Å². The lowest BCUT2D eigenvalue weighted by molar-refractivity contribution is 1.29. The summed E-state index contributed by atoms with van der Waals surface area (Å²) in [6.45, 7) is 0. The quantitative estimate of drug-likeness (QED) is 0.645. The van der Waals surface area contributed by atoms with Gasteiger partial charge in [0.2, 0.25) is 0 Å². The zero-order chi connectivity index (χ0) is 14.0. The molecule has 1 aromatic heterocycles. The molecule has 0 radical (unpaired) electrons. The van der Waals surface area contributed by atoms with E-state index in [2.05, 4.69) is 10.3 Å². The fourth-order valence-electron chi connectivity index (χ4n) is 1.47. The van der Waals surface area contributed by atoms with Gasteiger partial charge in [-0.1, -0.05) is 47.0 Å². The van der Waals surface area contributed by atoms with Crippen molar-refractivity contribution in [1.29, 1.82) is 0 Å². The van der Waals surface area contributed by atoms with Crippen molar-refractivity contribution in [2.75, 3.05) is 5.32 Å². The highest BCUT2D eigenvalue weighted by Crippen LogP contribution is 2.34. The number of thiocarbonyl (C=S) groups is 1. The molecule has 2 rings (SSSR count). The predicted molar refractivity (Wildman–Crippen MR) is 84.9 cm³/mol. The summed E-state index contributed by atoms with van der Waals surface area (Å²) in [5.41, 5.74) is 7.34. The van der Waals surface area contributed by atoms with Crippen LogP contribution in [-0.2, 0) is 0 Å². The van der Waals surface area contributed by atoms with E-state index >= 15 is 0 Å². The molecular formula is C12H8Cl3N3S. The van der Waals surface area contributed by atoms with E-state index in [1.54, 1.807) is 30.5 Å². The highest BCUT2D eigenvalue weighted by molar-refractivity contribution is 7.80. The van der Waals surface area contributed by atoms with Crippen molar-refractivity contribution in [2.45, 2.75) is 0 Å². The van der Waals surface area contributed by atoms with Gasteiger partial charge in [0, 0.05) is 6.20 Å².